The van der Waals surface area contributed by atoms with Crippen LogP contribution in [-0.2, 0) is 17.8 Å². The van der Waals surface area contributed by atoms with Gasteiger partial charge in [-0.05, 0) is 35.4 Å². The van der Waals surface area contributed by atoms with E-state index in [1.165, 1.54) is 0 Å². The standard InChI is InChI=1S/C25H25N7O2/c33-24(31-13-11-30(12-14-31)23-10-9-22-28-27-18-32(22)29-23)16-20-7-4-8-21(15-20)25(34)26-17-19-5-2-1-3-6-19/h1-10,15,18H,11-14,16-17H2,(H,26,34). The van der Waals surface area contributed by atoms with Crippen LogP contribution >= 0.6 is 0 Å². The van der Waals surface area contributed by atoms with Crippen molar-refractivity contribution in [3.05, 3.63) is 89.7 Å². The Balaban J connectivity index is 1.15. The number of amides is 2. The molecule has 9 heteroatoms. The molecule has 0 aliphatic carbocycles. The van der Waals surface area contributed by atoms with E-state index in [2.05, 4.69) is 25.5 Å². The van der Waals surface area contributed by atoms with Gasteiger partial charge in [-0.1, -0.05) is 42.5 Å². The number of nitrogens with one attached hydrogen (secondary N) is 1. The molecule has 2 aromatic heterocycles. The molecule has 1 aliphatic heterocycles. The fraction of sp³-hybridized carbons (Fsp3) is 0.240. The highest BCUT2D eigenvalue weighted by molar-refractivity contribution is 5.94. The molecule has 34 heavy (non-hydrogen) atoms. The summed E-state index contributed by atoms with van der Waals surface area (Å²) in [5.74, 6) is 0.752. The first kappa shape index (κ1) is 21.6. The molecule has 0 atom stereocenters. The number of carbonyl (C=O) groups excluding carboxylic acids is 2. The molecule has 1 saturated heterocycles. The Kier molecular flexibility index (Phi) is 6.15. The maximum atomic E-state index is 12.9. The molecule has 3 heterocycles. The predicted molar refractivity (Wildman–Crippen MR) is 127 cm³/mol. The molecular weight excluding hydrogens is 430 g/mol. The predicted octanol–water partition coefficient (Wildman–Crippen LogP) is 1.95. The molecule has 172 valence electrons. The summed E-state index contributed by atoms with van der Waals surface area (Å²) in [6.45, 7) is 3.12. The van der Waals surface area contributed by atoms with Gasteiger partial charge >= 0.3 is 0 Å². The van der Waals surface area contributed by atoms with E-state index >= 15 is 0 Å². The van der Waals surface area contributed by atoms with E-state index in [1.807, 2.05) is 59.5 Å². The van der Waals surface area contributed by atoms with Crippen molar-refractivity contribution in [2.24, 2.45) is 0 Å². The average molecular weight is 456 g/mol. The molecule has 1 N–H and O–H groups in total. The first-order chi connectivity index (χ1) is 16.7. The Morgan fingerprint density at radius 1 is 0.882 bits per heavy atom. The van der Waals surface area contributed by atoms with Gasteiger partial charge < -0.3 is 15.1 Å². The average Bonchev–Trinajstić information content (AvgIpc) is 3.36. The van der Waals surface area contributed by atoms with Crippen molar-refractivity contribution in [1.29, 1.82) is 0 Å². The number of nitrogens with zero attached hydrogens (tertiary/aromatic N) is 6. The highest BCUT2D eigenvalue weighted by Gasteiger charge is 2.22. The Bertz CT molecular complexity index is 1300. The molecule has 0 saturated carbocycles. The van der Waals surface area contributed by atoms with Gasteiger partial charge in [-0.15, -0.1) is 15.3 Å². The zero-order valence-corrected chi connectivity index (χ0v) is 18.7. The van der Waals surface area contributed by atoms with Gasteiger partial charge in [0.15, 0.2) is 5.65 Å². The van der Waals surface area contributed by atoms with Crippen molar-refractivity contribution in [1.82, 2.24) is 30.0 Å². The molecule has 9 nitrogen and oxygen atoms in total. The van der Waals surface area contributed by atoms with Crippen molar-refractivity contribution in [3.8, 4) is 0 Å². The van der Waals surface area contributed by atoms with Crippen LogP contribution in [0.3, 0.4) is 0 Å². The van der Waals surface area contributed by atoms with Crippen LogP contribution in [0.2, 0.25) is 0 Å². The molecule has 2 amide bonds. The summed E-state index contributed by atoms with van der Waals surface area (Å²) in [5, 5.41) is 15.3. The normalized spacial score (nSPS) is 13.8. The van der Waals surface area contributed by atoms with Gasteiger partial charge in [-0.25, -0.2) is 0 Å². The number of anilines is 1. The highest BCUT2D eigenvalue weighted by Crippen LogP contribution is 2.15. The second-order valence-corrected chi connectivity index (χ2v) is 8.24. The Morgan fingerprint density at radius 2 is 1.68 bits per heavy atom. The number of hydrogen-bond donors (Lipinski definition) is 1. The number of fused-ring (bicyclic) bond motifs is 1. The van der Waals surface area contributed by atoms with Crippen LogP contribution in [-0.4, -0.2) is 62.7 Å². The van der Waals surface area contributed by atoms with Gasteiger partial charge in [0.2, 0.25) is 5.91 Å². The molecule has 2 aromatic carbocycles. The summed E-state index contributed by atoms with van der Waals surface area (Å²) < 4.78 is 1.65. The molecule has 0 radical (unpaired) electrons. The van der Waals surface area contributed by atoms with E-state index < -0.39 is 0 Å². The van der Waals surface area contributed by atoms with Crippen LogP contribution in [0.1, 0.15) is 21.5 Å². The minimum atomic E-state index is -0.149. The molecule has 5 rings (SSSR count). The largest absolute Gasteiger partial charge is 0.352 e. The van der Waals surface area contributed by atoms with Crippen LogP contribution in [0, 0.1) is 0 Å². The summed E-state index contributed by atoms with van der Waals surface area (Å²) >= 11 is 0. The highest BCUT2D eigenvalue weighted by atomic mass is 16.2. The molecule has 1 fully saturated rings. The van der Waals surface area contributed by atoms with E-state index in [0.29, 0.717) is 43.9 Å². The Hall–Kier alpha value is -4.27. The Morgan fingerprint density at radius 3 is 2.50 bits per heavy atom. The van der Waals surface area contributed by atoms with E-state index in [-0.39, 0.29) is 18.2 Å². The number of hydrogen-bond acceptors (Lipinski definition) is 6. The number of aromatic nitrogens is 4. The number of piperazine rings is 1. The van der Waals surface area contributed by atoms with E-state index in [4.69, 9.17) is 0 Å². The van der Waals surface area contributed by atoms with E-state index in [9.17, 15) is 9.59 Å². The lowest BCUT2D eigenvalue weighted by molar-refractivity contribution is -0.130. The topological polar surface area (TPSA) is 95.7 Å². The summed E-state index contributed by atoms with van der Waals surface area (Å²) in [7, 11) is 0. The van der Waals surface area contributed by atoms with Crippen molar-refractivity contribution in [3.63, 3.8) is 0 Å². The van der Waals surface area contributed by atoms with Crippen LogP contribution in [0.4, 0.5) is 5.82 Å². The van der Waals surface area contributed by atoms with Crippen molar-refractivity contribution in [2.45, 2.75) is 13.0 Å². The van der Waals surface area contributed by atoms with Crippen LogP contribution in [0.25, 0.3) is 5.65 Å². The van der Waals surface area contributed by atoms with Crippen LogP contribution in [0.5, 0.6) is 0 Å². The van der Waals surface area contributed by atoms with E-state index in [1.54, 1.807) is 23.0 Å². The van der Waals surface area contributed by atoms with Gasteiger partial charge in [0.05, 0.1) is 6.42 Å². The van der Waals surface area contributed by atoms with Crippen LogP contribution < -0.4 is 10.2 Å². The summed E-state index contributed by atoms with van der Waals surface area (Å²) in [4.78, 5) is 29.5. The zero-order chi connectivity index (χ0) is 23.3. The molecule has 0 unspecified atom stereocenters. The third-order valence-electron chi connectivity index (χ3n) is 5.94. The van der Waals surface area contributed by atoms with Gasteiger partial charge in [0.1, 0.15) is 12.1 Å². The quantitative estimate of drug-likeness (QED) is 0.478. The van der Waals surface area contributed by atoms with Crippen molar-refractivity contribution < 1.29 is 9.59 Å². The molecule has 1 aliphatic rings. The maximum Gasteiger partial charge on any atom is 0.251 e. The molecule has 0 spiro atoms. The van der Waals surface area contributed by atoms with Crippen LogP contribution in [0.15, 0.2) is 73.1 Å². The third-order valence-corrected chi connectivity index (χ3v) is 5.94. The fourth-order valence-electron chi connectivity index (χ4n) is 4.06. The lowest BCUT2D eigenvalue weighted by atomic mass is 10.1. The second-order valence-electron chi connectivity index (χ2n) is 8.24. The smallest absolute Gasteiger partial charge is 0.251 e. The van der Waals surface area contributed by atoms with Gasteiger partial charge in [0.25, 0.3) is 5.91 Å². The lowest BCUT2D eigenvalue weighted by Gasteiger charge is -2.35. The monoisotopic (exact) mass is 455 g/mol. The lowest BCUT2D eigenvalue weighted by Crippen LogP contribution is -2.49. The Labute approximate surface area is 197 Å². The van der Waals surface area contributed by atoms with Crippen molar-refractivity contribution >= 4 is 23.3 Å². The van der Waals surface area contributed by atoms with Crippen molar-refractivity contribution in [2.75, 3.05) is 31.1 Å². The SMILES string of the molecule is O=C(NCc1ccccc1)c1cccc(CC(=O)N2CCN(c3ccc4nncn4n3)CC2)c1. The summed E-state index contributed by atoms with van der Waals surface area (Å²) in [6, 6.07) is 20.9. The molecular formula is C25H25N7O2. The van der Waals surface area contributed by atoms with E-state index in [0.717, 1.165) is 16.9 Å². The first-order valence-corrected chi connectivity index (χ1v) is 11.3. The van der Waals surface area contributed by atoms with Gasteiger partial charge in [-0.2, -0.15) is 4.52 Å². The number of carbonyl (C=O) groups is 2. The second kappa shape index (κ2) is 9.70. The third kappa shape index (κ3) is 4.88. The fourth-order valence-corrected chi connectivity index (χ4v) is 4.06. The molecule has 4 aromatic rings. The summed E-state index contributed by atoms with van der Waals surface area (Å²) in [5.41, 5.74) is 3.13. The number of benzene rings is 2. The van der Waals surface area contributed by atoms with Gasteiger partial charge in [0, 0.05) is 38.3 Å². The zero-order valence-electron chi connectivity index (χ0n) is 18.7. The molecule has 0 bridgehead atoms. The van der Waals surface area contributed by atoms with Gasteiger partial charge in [-0.3, -0.25) is 9.59 Å². The minimum Gasteiger partial charge on any atom is -0.352 e. The first-order valence-electron chi connectivity index (χ1n) is 11.3. The summed E-state index contributed by atoms with van der Waals surface area (Å²) in [6.07, 6.45) is 1.85. The number of rotatable bonds is 6. The maximum absolute atomic E-state index is 12.9. The minimum absolute atomic E-state index is 0.0590.